The van der Waals surface area contributed by atoms with Crippen LogP contribution in [0.5, 0.6) is 0 Å². The summed E-state index contributed by atoms with van der Waals surface area (Å²) >= 11 is 0. The summed E-state index contributed by atoms with van der Waals surface area (Å²) in [6, 6.07) is 0. The monoisotopic (exact) mass is 274 g/mol. The van der Waals surface area contributed by atoms with Crippen molar-refractivity contribution in [2.24, 2.45) is 0 Å². The van der Waals surface area contributed by atoms with Gasteiger partial charge in [0.2, 0.25) is 0 Å². The summed E-state index contributed by atoms with van der Waals surface area (Å²) in [5, 5.41) is 0. The van der Waals surface area contributed by atoms with Gasteiger partial charge in [0.05, 0.1) is 18.1 Å². The van der Waals surface area contributed by atoms with Crippen LogP contribution in [0.3, 0.4) is 0 Å². The molecule has 0 bridgehead atoms. The van der Waals surface area contributed by atoms with E-state index < -0.39 is 26.3 Å². The first-order chi connectivity index (χ1) is 7.26. The quantitative estimate of drug-likeness (QED) is 0.599. The number of hydrogen-bond acceptors (Lipinski definition) is 6. The summed E-state index contributed by atoms with van der Waals surface area (Å²) in [5.41, 5.74) is 0. The van der Waals surface area contributed by atoms with Gasteiger partial charge in [-0.1, -0.05) is 6.92 Å². The Labute approximate surface area is 97.2 Å². The van der Waals surface area contributed by atoms with Crippen molar-refractivity contribution in [3.05, 3.63) is 0 Å². The highest BCUT2D eigenvalue weighted by Crippen LogP contribution is 2.07. The Kier molecular flexibility index (Phi) is 6.46. The van der Waals surface area contributed by atoms with E-state index in [1.54, 1.807) is 6.92 Å². The van der Waals surface area contributed by atoms with Crippen LogP contribution in [0.25, 0.3) is 0 Å². The molecule has 0 saturated heterocycles. The van der Waals surface area contributed by atoms with Gasteiger partial charge >= 0.3 is 0 Å². The van der Waals surface area contributed by atoms with E-state index in [2.05, 4.69) is 4.18 Å². The van der Waals surface area contributed by atoms with Crippen LogP contribution in [0.4, 0.5) is 0 Å². The molecule has 1 unspecified atom stereocenters. The lowest BCUT2D eigenvalue weighted by atomic mass is 10.3. The third-order valence-corrected chi connectivity index (χ3v) is 4.35. The summed E-state index contributed by atoms with van der Waals surface area (Å²) in [6.07, 6.45) is -0.398. The Hall–Kier alpha value is -0.180. The van der Waals surface area contributed by atoms with Gasteiger partial charge in [0.1, 0.15) is 6.10 Å². The lowest BCUT2D eigenvalue weighted by molar-refractivity contribution is 0.135. The van der Waals surface area contributed by atoms with E-state index in [9.17, 15) is 16.8 Å². The SMILES string of the molecule is CCC(COS(=O)(=O)CC)OS(=O)(=O)CC. The maximum atomic E-state index is 11.1. The summed E-state index contributed by atoms with van der Waals surface area (Å²) < 4.78 is 53.7. The first-order valence-corrected chi connectivity index (χ1v) is 8.19. The number of rotatable bonds is 8. The smallest absolute Gasteiger partial charge is 0.267 e. The van der Waals surface area contributed by atoms with E-state index in [1.807, 2.05) is 0 Å². The van der Waals surface area contributed by atoms with Gasteiger partial charge in [-0.25, -0.2) is 0 Å². The van der Waals surface area contributed by atoms with Gasteiger partial charge in [-0.3, -0.25) is 8.37 Å². The third-order valence-electron chi connectivity index (χ3n) is 1.88. The van der Waals surface area contributed by atoms with Crippen LogP contribution in [0.1, 0.15) is 27.2 Å². The largest absolute Gasteiger partial charge is 0.267 e. The molecule has 0 aromatic heterocycles. The highest BCUT2D eigenvalue weighted by molar-refractivity contribution is 7.87. The Morgan fingerprint density at radius 2 is 1.44 bits per heavy atom. The minimum absolute atomic E-state index is 0.149. The topological polar surface area (TPSA) is 86.7 Å². The van der Waals surface area contributed by atoms with Crippen LogP contribution in [-0.4, -0.2) is 41.1 Å². The minimum atomic E-state index is -3.58. The van der Waals surface area contributed by atoms with Gasteiger partial charge in [-0.05, 0) is 20.3 Å². The van der Waals surface area contributed by atoms with Gasteiger partial charge in [-0.2, -0.15) is 16.8 Å². The third kappa shape index (κ3) is 6.41. The van der Waals surface area contributed by atoms with Crippen LogP contribution in [-0.2, 0) is 28.6 Å². The van der Waals surface area contributed by atoms with Crippen molar-refractivity contribution in [3.8, 4) is 0 Å². The van der Waals surface area contributed by atoms with Crippen molar-refractivity contribution in [1.82, 2.24) is 0 Å². The lowest BCUT2D eigenvalue weighted by Crippen LogP contribution is -2.26. The molecule has 16 heavy (non-hydrogen) atoms. The predicted molar refractivity (Wildman–Crippen MR) is 60.0 cm³/mol. The maximum Gasteiger partial charge on any atom is 0.267 e. The second-order valence-electron chi connectivity index (χ2n) is 3.10. The van der Waals surface area contributed by atoms with Crippen LogP contribution in [0, 0.1) is 0 Å². The van der Waals surface area contributed by atoms with Crippen molar-refractivity contribution in [2.75, 3.05) is 18.1 Å². The Morgan fingerprint density at radius 3 is 1.81 bits per heavy atom. The molecule has 0 aliphatic carbocycles. The first kappa shape index (κ1) is 15.8. The molecule has 0 aliphatic rings. The molecule has 0 rings (SSSR count). The fraction of sp³-hybridized carbons (Fsp3) is 1.00. The summed E-state index contributed by atoms with van der Waals surface area (Å²) in [5.74, 6) is -0.298. The van der Waals surface area contributed by atoms with Gasteiger partial charge in [0.15, 0.2) is 0 Å². The molecule has 0 aromatic rings. The fourth-order valence-electron chi connectivity index (χ4n) is 0.752. The molecule has 0 fully saturated rings. The molecule has 0 aromatic carbocycles. The van der Waals surface area contributed by atoms with Gasteiger partial charge in [0.25, 0.3) is 20.2 Å². The zero-order valence-electron chi connectivity index (χ0n) is 9.67. The normalized spacial score (nSPS) is 14.9. The van der Waals surface area contributed by atoms with Crippen molar-refractivity contribution < 1.29 is 25.2 Å². The van der Waals surface area contributed by atoms with E-state index in [0.717, 1.165) is 0 Å². The van der Waals surface area contributed by atoms with E-state index in [0.29, 0.717) is 6.42 Å². The van der Waals surface area contributed by atoms with E-state index in [4.69, 9.17) is 4.18 Å². The van der Waals surface area contributed by atoms with Crippen LogP contribution < -0.4 is 0 Å². The molecular weight excluding hydrogens is 256 g/mol. The Morgan fingerprint density at radius 1 is 0.938 bits per heavy atom. The summed E-state index contributed by atoms with van der Waals surface area (Å²) in [6.45, 7) is 4.31. The van der Waals surface area contributed by atoms with Gasteiger partial charge in [0, 0.05) is 0 Å². The maximum absolute atomic E-state index is 11.1. The summed E-state index contributed by atoms with van der Waals surface area (Å²) in [4.78, 5) is 0. The van der Waals surface area contributed by atoms with E-state index in [1.165, 1.54) is 13.8 Å². The van der Waals surface area contributed by atoms with E-state index >= 15 is 0 Å². The molecule has 0 N–H and O–H groups in total. The molecule has 0 saturated carbocycles. The van der Waals surface area contributed by atoms with Crippen LogP contribution in [0.15, 0.2) is 0 Å². The van der Waals surface area contributed by atoms with Gasteiger partial charge < -0.3 is 0 Å². The second-order valence-corrected chi connectivity index (χ2v) is 6.92. The predicted octanol–water partition coefficient (Wildman–Crippen LogP) is 0.498. The van der Waals surface area contributed by atoms with Crippen molar-refractivity contribution in [3.63, 3.8) is 0 Å². The van der Waals surface area contributed by atoms with Crippen LogP contribution in [0.2, 0.25) is 0 Å². The van der Waals surface area contributed by atoms with Gasteiger partial charge in [-0.15, -0.1) is 0 Å². The molecular formula is C8H18O6S2. The molecule has 0 aliphatic heterocycles. The standard InChI is InChI=1S/C8H18O6S2/c1-4-8(14-16(11,12)6-3)7-13-15(9,10)5-2/h8H,4-7H2,1-3H3. The Balaban J connectivity index is 4.34. The second kappa shape index (κ2) is 6.53. The molecule has 8 heteroatoms. The highest BCUT2D eigenvalue weighted by Gasteiger charge is 2.19. The average molecular weight is 274 g/mol. The van der Waals surface area contributed by atoms with Crippen molar-refractivity contribution >= 4 is 20.2 Å². The summed E-state index contributed by atoms with van der Waals surface area (Å²) in [7, 11) is -7.14. The first-order valence-electron chi connectivity index (χ1n) is 5.04. The zero-order valence-corrected chi connectivity index (χ0v) is 11.3. The lowest BCUT2D eigenvalue weighted by Gasteiger charge is -2.14. The molecule has 0 heterocycles. The molecule has 0 radical (unpaired) electrons. The van der Waals surface area contributed by atoms with Crippen molar-refractivity contribution in [2.45, 2.75) is 33.3 Å². The number of hydrogen-bond donors (Lipinski definition) is 0. The Bertz CT molecular complexity index is 383. The van der Waals surface area contributed by atoms with Crippen LogP contribution >= 0.6 is 0 Å². The van der Waals surface area contributed by atoms with Crippen molar-refractivity contribution in [1.29, 1.82) is 0 Å². The van der Waals surface area contributed by atoms with E-state index in [-0.39, 0.29) is 18.1 Å². The molecule has 1 atom stereocenters. The molecule has 0 amide bonds. The molecule has 98 valence electrons. The minimum Gasteiger partial charge on any atom is -0.267 e. The fourth-order valence-corrected chi connectivity index (χ4v) is 2.02. The zero-order chi connectivity index (χ0) is 12.8. The average Bonchev–Trinajstić information content (AvgIpc) is 2.24. The molecule has 0 spiro atoms. The molecule has 6 nitrogen and oxygen atoms in total. The highest BCUT2D eigenvalue weighted by atomic mass is 32.2.